The molecule has 2 fully saturated rings. The Morgan fingerprint density at radius 1 is 1.47 bits per heavy atom. The van der Waals surface area contributed by atoms with Crippen LogP contribution in [0.2, 0.25) is 0 Å². The predicted octanol–water partition coefficient (Wildman–Crippen LogP) is 1.62. The van der Waals surface area contributed by atoms with Gasteiger partial charge in [0.15, 0.2) is 5.11 Å². The van der Waals surface area contributed by atoms with Crippen LogP contribution in [-0.4, -0.2) is 44.6 Å². The zero-order chi connectivity index (χ0) is 11.8. The van der Waals surface area contributed by atoms with Crippen molar-refractivity contribution < 1.29 is 0 Å². The molecule has 0 radical (unpaired) electrons. The molecule has 17 heavy (non-hydrogen) atoms. The van der Waals surface area contributed by atoms with Gasteiger partial charge in [0.25, 0.3) is 0 Å². The molecular formula is C12H16N4S. The summed E-state index contributed by atoms with van der Waals surface area (Å²) >= 11 is 5.54. The molecule has 1 unspecified atom stereocenters. The number of rotatable bonds is 2. The first-order valence-electron chi connectivity index (χ1n) is 6.07. The molecule has 0 N–H and O–H groups in total. The Morgan fingerprint density at radius 3 is 3.06 bits per heavy atom. The summed E-state index contributed by atoms with van der Waals surface area (Å²) in [5.74, 6) is 0. The van der Waals surface area contributed by atoms with Gasteiger partial charge in [0, 0.05) is 37.6 Å². The van der Waals surface area contributed by atoms with Crippen LogP contribution in [0.25, 0.3) is 0 Å². The second-order valence-corrected chi connectivity index (χ2v) is 4.73. The molecule has 0 bridgehead atoms. The summed E-state index contributed by atoms with van der Waals surface area (Å²) < 4.78 is 0. The standard InChI is InChI=1S/C12H16N4S/c1-2-14-11(10-5-3-6-13-9-10)15-7-4-8-16(15)12(14)17/h3,5-6,9,11H,2,4,7-8H2,1H3. The third kappa shape index (κ3) is 1.61. The van der Waals surface area contributed by atoms with Gasteiger partial charge in [-0.25, -0.2) is 0 Å². The highest BCUT2D eigenvalue weighted by atomic mass is 32.1. The van der Waals surface area contributed by atoms with Crippen LogP contribution in [0.15, 0.2) is 24.5 Å². The van der Waals surface area contributed by atoms with Gasteiger partial charge in [-0.3, -0.25) is 9.99 Å². The van der Waals surface area contributed by atoms with Crippen LogP contribution in [0, 0.1) is 0 Å². The van der Waals surface area contributed by atoms with Gasteiger partial charge in [-0.15, -0.1) is 0 Å². The number of nitrogens with zero attached hydrogens (tertiary/aromatic N) is 4. The topological polar surface area (TPSA) is 22.6 Å². The Morgan fingerprint density at radius 2 is 2.35 bits per heavy atom. The summed E-state index contributed by atoms with van der Waals surface area (Å²) in [5.41, 5.74) is 1.22. The van der Waals surface area contributed by atoms with Crippen molar-refractivity contribution in [2.75, 3.05) is 19.6 Å². The first-order chi connectivity index (χ1) is 8.33. The normalized spacial score (nSPS) is 24.5. The van der Waals surface area contributed by atoms with Gasteiger partial charge in [-0.05, 0) is 31.6 Å². The maximum atomic E-state index is 5.54. The maximum absolute atomic E-state index is 5.54. The number of hydrogen-bond acceptors (Lipinski definition) is 3. The zero-order valence-corrected chi connectivity index (χ0v) is 10.7. The highest BCUT2D eigenvalue weighted by Gasteiger charge is 2.43. The fourth-order valence-corrected chi connectivity index (χ4v) is 3.12. The number of thiocarbonyl (C=S) groups is 1. The fraction of sp³-hybridized carbons (Fsp3) is 0.500. The van der Waals surface area contributed by atoms with Gasteiger partial charge in [0.2, 0.25) is 0 Å². The molecule has 4 nitrogen and oxygen atoms in total. The first-order valence-corrected chi connectivity index (χ1v) is 6.48. The lowest BCUT2D eigenvalue weighted by molar-refractivity contribution is 0.0558. The van der Waals surface area contributed by atoms with Crippen LogP contribution >= 0.6 is 12.2 Å². The predicted molar refractivity (Wildman–Crippen MR) is 70.0 cm³/mol. The highest BCUT2D eigenvalue weighted by Crippen LogP contribution is 2.36. The van der Waals surface area contributed by atoms with Crippen LogP contribution in [0.1, 0.15) is 25.1 Å². The van der Waals surface area contributed by atoms with Crippen molar-refractivity contribution in [3.05, 3.63) is 30.1 Å². The van der Waals surface area contributed by atoms with Gasteiger partial charge in [0.1, 0.15) is 6.17 Å². The van der Waals surface area contributed by atoms with Gasteiger partial charge in [-0.1, -0.05) is 6.07 Å². The van der Waals surface area contributed by atoms with E-state index in [0.29, 0.717) is 0 Å². The van der Waals surface area contributed by atoms with E-state index in [1.165, 1.54) is 12.0 Å². The summed E-state index contributed by atoms with van der Waals surface area (Å²) in [5, 5.41) is 5.55. The largest absolute Gasteiger partial charge is 0.327 e. The minimum absolute atomic E-state index is 0.240. The highest BCUT2D eigenvalue weighted by molar-refractivity contribution is 7.80. The van der Waals surface area contributed by atoms with Gasteiger partial charge in [-0.2, -0.15) is 5.01 Å². The van der Waals surface area contributed by atoms with Crippen LogP contribution in [0.5, 0.6) is 0 Å². The Bertz CT molecular complexity index is 422. The Kier molecular flexibility index (Phi) is 2.72. The summed E-state index contributed by atoms with van der Waals surface area (Å²) in [6.07, 6.45) is 5.18. The van der Waals surface area contributed by atoms with Crippen molar-refractivity contribution in [3.63, 3.8) is 0 Å². The molecule has 1 atom stereocenters. The lowest BCUT2D eigenvalue weighted by Crippen LogP contribution is -2.32. The maximum Gasteiger partial charge on any atom is 0.187 e. The Hall–Kier alpha value is -1.20. The van der Waals surface area contributed by atoms with E-state index >= 15 is 0 Å². The van der Waals surface area contributed by atoms with E-state index in [1.807, 2.05) is 18.5 Å². The molecule has 0 spiro atoms. The second kappa shape index (κ2) is 4.23. The molecule has 3 rings (SSSR count). The molecule has 0 aromatic carbocycles. The van der Waals surface area contributed by atoms with Gasteiger partial charge >= 0.3 is 0 Å². The van der Waals surface area contributed by atoms with Crippen LogP contribution < -0.4 is 0 Å². The minimum Gasteiger partial charge on any atom is -0.327 e. The molecule has 5 heteroatoms. The van der Waals surface area contributed by atoms with E-state index in [0.717, 1.165) is 24.7 Å². The molecule has 0 saturated carbocycles. The van der Waals surface area contributed by atoms with Crippen molar-refractivity contribution in [3.8, 4) is 0 Å². The molecule has 0 aliphatic carbocycles. The van der Waals surface area contributed by atoms with E-state index in [4.69, 9.17) is 12.2 Å². The van der Waals surface area contributed by atoms with Crippen LogP contribution in [-0.2, 0) is 0 Å². The van der Waals surface area contributed by atoms with Crippen molar-refractivity contribution >= 4 is 17.3 Å². The SMILES string of the molecule is CCN1C(=S)N2CCCN2C1c1cccnc1. The fourth-order valence-electron chi connectivity index (χ4n) is 2.69. The molecule has 2 aliphatic rings. The summed E-state index contributed by atoms with van der Waals surface area (Å²) in [6, 6.07) is 4.12. The molecule has 3 heterocycles. The van der Waals surface area contributed by atoms with E-state index in [-0.39, 0.29) is 6.17 Å². The lowest BCUT2D eigenvalue weighted by atomic mass is 10.2. The third-order valence-corrected chi connectivity index (χ3v) is 3.88. The summed E-state index contributed by atoms with van der Waals surface area (Å²) in [6.45, 7) is 5.21. The minimum atomic E-state index is 0.240. The third-order valence-electron chi connectivity index (χ3n) is 3.43. The summed E-state index contributed by atoms with van der Waals surface area (Å²) in [4.78, 5) is 6.49. The average Bonchev–Trinajstić information content (AvgIpc) is 2.92. The number of hydrazine groups is 1. The molecule has 90 valence electrons. The van der Waals surface area contributed by atoms with Gasteiger partial charge < -0.3 is 4.90 Å². The Balaban J connectivity index is 1.99. The van der Waals surface area contributed by atoms with E-state index in [9.17, 15) is 0 Å². The molecular weight excluding hydrogens is 232 g/mol. The van der Waals surface area contributed by atoms with E-state index < -0.39 is 0 Å². The average molecular weight is 248 g/mol. The zero-order valence-electron chi connectivity index (χ0n) is 9.91. The number of pyridine rings is 1. The second-order valence-electron chi connectivity index (χ2n) is 4.37. The van der Waals surface area contributed by atoms with Crippen molar-refractivity contribution in [2.24, 2.45) is 0 Å². The van der Waals surface area contributed by atoms with Crippen LogP contribution in [0.3, 0.4) is 0 Å². The van der Waals surface area contributed by atoms with Crippen molar-refractivity contribution in [2.45, 2.75) is 19.5 Å². The molecule has 1 aromatic heterocycles. The molecule has 1 aromatic rings. The number of hydrogen-bond donors (Lipinski definition) is 0. The molecule has 2 saturated heterocycles. The quantitative estimate of drug-likeness (QED) is 0.740. The monoisotopic (exact) mass is 248 g/mol. The number of fused-ring (bicyclic) bond motifs is 1. The van der Waals surface area contributed by atoms with Crippen molar-refractivity contribution in [1.29, 1.82) is 0 Å². The van der Waals surface area contributed by atoms with E-state index in [1.54, 1.807) is 0 Å². The smallest absolute Gasteiger partial charge is 0.187 e. The number of aromatic nitrogens is 1. The summed E-state index contributed by atoms with van der Waals surface area (Å²) in [7, 11) is 0. The molecule has 2 aliphatic heterocycles. The van der Waals surface area contributed by atoms with Crippen molar-refractivity contribution in [1.82, 2.24) is 19.9 Å². The molecule has 0 amide bonds. The van der Waals surface area contributed by atoms with Crippen LogP contribution in [0.4, 0.5) is 0 Å². The lowest BCUT2D eigenvalue weighted by Gasteiger charge is -2.27. The van der Waals surface area contributed by atoms with Gasteiger partial charge in [0.05, 0.1) is 0 Å². The first kappa shape index (κ1) is 10.9. The Labute approximate surface area is 107 Å². The van der Waals surface area contributed by atoms with E-state index in [2.05, 4.69) is 32.9 Å².